The van der Waals surface area contributed by atoms with Gasteiger partial charge in [-0.1, -0.05) is 30.1 Å². The maximum atomic E-state index is 12.3. The quantitative estimate of drug-likeness (QED) is 0.850. The largest absolute Gasteiger partial charge is 0.481 e. The molecule has 2 atom stereocenters. The van der Waals surface area contributed by atoms with Crippen molar-refractivity contribution in [3.8, 4) is 0 Å². The van der Waals surface area contributed by atoms with Gasteiger partial charge >= 0.3 is 5.97 Å². The predicted octanol–water partition coefficient (Wildman–Crippen LogP) is 2.18. The van der Waals surface area contributed by atoms with Gasteiger partial charge in [0, 0.05) is 13.1 Å². The van der Waals surface area contributed by atoms with E-state index in [0.717, 1.165) is 0 Å². The highest BCUT2D eigenvalue weighted by Crippen LogP contribution is 2.26. The lowest BCUT2D eigenvalue weighted by Crippen LogP contribution is -2.30. The van der Waals surface area contributed by atoms with Crippen LogP contribution in [0.25, 0.3) is 0 Å². The number of hydrogen-bond donors (Lipinski definition) is 1. The standard InChI is InChI=1S/C12H12Cl2N2O3/c1-6-4-16(5-8(6)12(18)19)11(17)7-2-3-9(13)15-10(7)14/h2-3,6,8H,4-5H2,1H3,(H,18,19). The number of aromatic nitrogens is 1. The third kappa shape index (κ3) is 2.82. The zero-order chi connectivity index (χ0) is 14.2. The van der Waals surface area contributed by atoms with E-state index >= 15 is 0 Å². The fraction of sp³-hybridized carbons (Fsp3) is 0.417. The van der Waals surface area contributed by atoms with Crippen LogP contribution in [0.5, 0.6) is 0 Å². The second-order valence-electron chi connectivity index (χ2n) is 4.60. The molecule has 1 aliphatic heterocycles. The first-order chi connectivity index (χ1) is 8.90. The Balaban J connectivity index is 2.19. The summed E-state index contributed by atoms with van der Waals surface area (Å²) in [6.45, 7) is 2.40. The summed E-state index contributed by atoms with van der Waals surface area (Å²) in [6, 6.07) is 2.98. The van der Waals surface area contributed by atoms with Gasteiger partial charge < -0.3 is 10.0 Å². The molecule has 1 aromatic rings. The minimum atomic E-state index is -0.886. The van der Waals surface area contributed by atoms with Crippen molar-refractivity contribution in [1.29, 1.82) is 0 Å². The SMILES string of the molecule is CC1CN(C(=O)c2ccc(Cl)nc2Cl)CC1C(=O)O. The fourth-order valence-electron chi connectivity index (χ4n) is 2.20. The second kappa shape index (κ2) is 5.35. The summed E-state index contributed by atoms with van der Waals surface area (Å²) in [7, 11) is 0. The van der Waals surface area contributed by atoms with Gasteiger partial charge in [0.25, 0.3) is 5.91 Å². The lowest BCUT2D eigenvalue weighted by atomic mass is 9.99. The molecule has 1 aliphatic rings. The van der Waals surface area contributed by atoms with Gasteiger partial charge in [0.05, 0.1) is 11.5 Å². The van der Waals surface area contributed by atoms with Gasteiger partial charge in [-0.3, -0.25) is 9.59 Å². The van der Waals surface area contributed by atoms with E-state index in [4.69, 9.17) is 28.3 Å². The maximum Gasteiger partial charge on any atom is 0.308 e. The lowest BCUT2D eigenvalue weighted by Gasteiger charge is -2.16. The molecule has 0 saturated carbocycles. The van der Waals surface area contributed by atoms with Crippen LogP contribution in [-0.4, -0.2) is 40.0 Å². The van der Waals surface area contributed by atoms with Crippen molar-refractivity contribution in [2.24, 2.45) is 11.8 Å². The molecule has 2 heterocycles. The molecule has 2 rings (SSSR count). The Hall–Kier alpha value is -1.33. The molecule has 1 saturated heterocycles. The molecule has 7 heteroatoms. The number of likely N-dealkylation sites (tertiary alicyclic amines) is 1. The third-order valence-electron chi connectivity index (χ3n) is 3.26. The van der Waals surface area contributed by atoms with Gasteiger partial charge in [-0.15, -0.1) is 0 Å². The number of amides is 1. The van der Waals surface area contributed by atoms with Crippen LogP contribution in [0.1, 0.15) is 17.3 Å². The van der Waals surface area contributed by atoms with Crippen molar-refractivity contribution >= 4 is 35.1 Å². The van der Waals surface area contributed by atoms with Gasteiger partial charge in [0.2, 0.25) is 0 Å². The smallest absolute Gasteiger partial charge is 0.308 e. The van der Waals surface area contributed by atoms with E-state index in [0.29, 0.717) is 6.54 Å². The van der Waals surface area contributed by atoms with Crippen molar-refractivity contribution < 1.29 is 14.7 Å². The molecule has 2 unspecified atom stereocenters. The van der Waals surface area contributed by atoms with Gasteiger partial charge in [0.1, 0.15) is 10.3 Å². The zero-order valence-electron chi connectivity index (χ0n) is 10.1. The van der Waals surface area contributed by atoms with Crippen molar-refractivity contribution in [2.45, 2.75) is 6.92 Å². The number of carbonyl (C=O) groups is 2. The molecule has 0 radical (unpaired) electrons. The second-order valence-corrected chi connectivity index (χ2v) is 5.35. The number of hydrogen-bond acceptors (Lipinski definition) is 3. The number of carboxylic acid groups (broad SMARTS) is 1. The molecule has 5 nitrogen and oxygen atoms in total. The first-order valence-electron chi connectivity index (χ1n) is 5.74. The van der Waals surface area contributed by atoms with Crippen LogP contribution in [0, 0.1) is 11.8 Å². The zero-order valence-corrected chi connectivity index (χ0v) is 11.6. The predicted molar refractivity (Wildman–Crippen MR) is 70.5 cm³/mol. The van der Waals surface area contributed by atoms with Crippen molar-refractivity contribution in [2.75, 3.05) is 13.1 Å². The Morgan fingerprint density at radius 2 is 2.05 bits per heavy atom. The first-order valence-corrected chi connectivity index (χ1v) is 6.50. The van der Waals surface area contributed by atoms with E-state index in [1.54, 1.807) is 0 Å². The number of halogens is 2. The molecule has 102 valence electrons. The molecule has 19 heavy (non-hydrogen) atoms. The Kier molecular flexibility index (Phi) is 3.96. The average molecular weight is 303 g/mol. The topological polar surface area (TPSA) is 70.5 Å². The molecule has 1 aromatic heterocycles. The van der Waals surface area contributed by atoms with Crippen molar-refractivity contribution in [3.63, 3.8) is 0 Å². The highest BCUT2D eigenvalue weighted by atomic mass is 35.5. The average Bonchev–Trinajstić information content (AvgIpc) is 2.70. The van der Waals surface area contributed by atoms with Crippen LogP contribution >= 0.6 is 23.2 Å². The van der Waals surface area contributed by atoms with E-state index < -0.39 is 11.9 Å². The summed E-state index contributed by atoms with van der Waals surface area (Å²) in [5.74, 6) is -1.82. The molecule has 1 N–H and O–H groups in total. The molecule has 0 aliphatic carbocycles. The van der Waals surface area contributed by atoms with Gasteiger partial charge in [-0.2, -0.15) is 0 Å². The number of pyridine rings is 1. The molecular weight excluding hydrogens is 291 g/mol. The third-order valence-corrected chi connectivity index (χ3v) is 3.76. The Morgan fingerprint density at radius 3 is 2.58 bits per heavy atom. The summed E-state index contributed by atoms with van der Waals surface area (Å²) >= 11 is 11.5. The summed E-state index contributed by atoms with van der Waals surface area (Å²) in [4.78, 5) is 28.6. The minimum Gasteiger partial charge on any atom is -0.481 e. The summed E-state index contributed by atoms with van der Waals surface area (Å²) in [5, 5.41) is 9.29. The number of carboxylic acids is 1. The van der Waals surface area contributed by atoms with Crippen molar-refractivity contribution in [3.05, 3.63) is 28.0 Å². The monoisotopic (exact) mass is 302 g/mol. The Labute approximate surface area is 120 Å². The fourth-order valence-corrected chi connectivity index (χ4v) is 2.62. The van der Waals surface area contributed by atoms with Gasteiger partial charge in [0.15, 0.2) is 0 Å². The van der Waals surface area contributed by atoms with E-state index in [1.165, 1.54) is 17.0 Å². The van der Waals surface area contributed by atoms with E-state index in [9.17, 15) is 9.59 Å². The van der Waals surface area contributed by atoms with E-state index in [1.807, 2.05) is 6.92 Å². The van der Waals surface area contributed by atoms with Crippen molar-refractivity contribution in [1.82, 2.24) is 9.88 Å². The molecule has 0 spiro atoms. The van der Waals surface area contributed by atoms with Crippen LogP contribution in [0.15, 0.2) is 12.1 Å². The number of rotatable bonds is 2. The normalized spacial score (nSPS) is 22.6. The molecule has 0 bridgehead atoms. The Bertz CT molecular complexity index is 536. The van der Waals surface area contributed by atoms with E-state index in [2.05, 4.69) is 4.98 Å². The van der Waals surface area contributed by atoms with Crippen LogP contribution in [0.3, 0.4) is 0 Å². The molecular formula is C12H12Cl2N2O3. The van der Waals surface area contributed by atoms with Crippen LogP contribution in [0.2, 0.25) is 10.3 Å². The molecule has 1 fully saturated rings. The summed E-state index contributed by atoms with van der Waals surface area (Å²) in [5.41, 5.74) is 0.240. The summed E-state index contributed by atoms with van der Waals surface area (Å²) in [6.07, 6.45) is 0. The number of nitrogens with zero attached hydrogens (tertiary/aromatic N) is 2. The first kappa shape index (κ1) is 14.1. The minimum absolute atomic E-state index is 0.0314. The molecule has 1 amide bonds. The summed E-state index contributed by atoms with van der Waals surface area (Å²) < 4.78 is 0. The molecule has 0 aromatic carbocycles. The van der Waals surface area contributed by atoms with Crippen LogP contribution in [-0.2, 0) is 4.79 Å². The van der Waals surface area contributed by atoms with Gasteiger partial charge in [-0.05, 0) is 18.1 Å². The van der Waals surface area contributed by atoms with Gasteiger partial charge in [-0.25, -0.2) is 4.98 Å². The highest BCUT2D eigenvalue weighted by Gasteiger charge is 2.37. The number of carbonyl (C=O) groups excluding carboxylic acids is 1. The van der Waals surface area contributed by atoms with Crippen LogP contribution < -0.4 is 0 Å². The number of aliphatic carboxylic acids is 1. The van der Waals surface area contributed by atoms with Crippen LogP contribution in [0.4, 0.5) is 0 Å². The Morgan fingerprint density at radius 1 is 1.37 bits per heavy atom. The highest BCUT2D eigenvalue weighted by molar-refractivity contribution is 6.34. The van der Waals surface area contributed by atoms with E-state index in [-0.39, 0.29) is 34.2 Å². The maximum absolute atomic E-state index is 12.3. The lowest BCUT2D eigenvalue weighted by molar-refractivity contribution is -0.142.